The fourth-order valence-corrected chi connectivity index (χ4v) is 4.11. The average Bonchev–Trinajstić information content (AvgIpc) is 3.37. The van der Waals surface area contributed by atoms with Crippen LogP contribution >= 0.6 is 0 Å². The molecule has 1 unspecified atom stereocenters. The summed E-state index contributed by atoms with van der Waals surface area (Å²) in [5, 5.41) is 9.14. The van der Waals surface area contributed by atoms with Crippen LogP contribution in [-0.4, -0.2) is 42.7 Å². The molecule has 2 aliphatic carbocycles. The van der Waals surface area contributed by atoms with Gasteiger partial charge in [0.15, 0.2) is 11.2 Å². The maximum absolute atomic E-state index is 13.5. The van der Waals surface area contributed by atoms with Crippen LogP contribution in [-0.2, 0) is 20.1 Å². The molecule has 1 atom stereocenters. The minimum absolute atomic E-state index is 0.0281. The molecule has 8 nitrogen and oxygen atoms in total. The maximum Gasteiger partial charge on any atom is 0.332 e. The van der Waals surface area contributed by atoms with Crippen LogP contribution in [0.5, 0.6) is 6.01 Å². The second-order valence-electron chi connectivity index (χ2n) is 7.94. The molecule has 0 amide bonds. The first-order valence-corrected chi connectivity index (χ1v) is 10.5. The van der Waals surface area contributed by atoms with Gasteiger partial charge in [-0.15, -0.1) is 0 Å². The van der Waals surface area contributed by atoms with E-state index in [0.717, 1.165) is 35.8 Å². The summed E-state index contributed by atoms with van der Waals surface area (Å²) in [6.45, 7) is 0.300. The molecular formula is C21H27FN4O4. The van der Waals surface area contributed by atoms with Crippen molar-refractivity contribution >= 4 is 11.2 Å². The van der Waals surface area contributed by atoms with Crippen molar-refractivity contribution in [2.45, 2.75) is 63.9 Å². The standard InChI is InChI=1S/C21H27FN4O4/c1-24-18-17(19(28)25(21(24)29)11-4-12-27)26(13-14-7-9-15(22)10-8-14)20(23-18)30-16-5-2-3-6-16/h7-9,15-16,27H,2-6,10-13H2,1H3. The van der Waals surface area contributed by atoms with Gasteiger partial charge >= 0.3 is 5.69 Å². The Balaban J connectivity index is 1.85. The van der Waals surface area contributed by atoms with Gasteiger partial charge in [0.05, 0.1) is 6.54 Å². The number of aromatic nitrogens is 4. The van der Waals surface area contributed by atoms with E-state index >= 15 is 0 Å². The van der Waals surface area contributed by atoms with Crippen LogP contribution < -0.4 is 16.0 Å². The highest BCUT2D eigenvalue weighted by Gasteiger charge is 2.25. The number of fused-ring (bicyclic) bond motifs is 1. The monoisotopic (exact) mass is 418 g/mol. The highest BCUT2D eigenvalue weighted by molar-refractivity contribution is 5.72. The molecule has 162 valence electrons. The van der Waals surface area contributed by atoms with Gasteiger partial charge in [0.25, 0.3) is 11.6 Å². The van der Waals surface area contributed by atoms with Crippen molar-refractivity contribution < 1.29 is 14.2 Å². The molecule has 1 fully saturated rings. The Morgan fingerprint density at radius 3 is 2.70 bits per heavy atom. The largest absolute Gasteiger partial charge is 0.461 e. The lowest BCUT2D eigenvalue weighted by Crippen LogP contribution is -2.40. The van der Waals surface area contributed by atoms with Crippen molar-refractivity contribution in [3.8, 4) is 6.01 Å². The van der Waals surface area contributed by atoms with E-state index in [4.69, 9.17) is 9.84 Å². The molecule has 1 N–H and O–H groups in total. The smallest absolute Gasteiger partial charge is 0.332 e. The fraction of sp³-hybridized carbons (Fsp3) is 0.571. The van der Waals surface area contributed by atoms with Gasteiger partial charge < -0.3 is 9.84 Å². The molecule has 1 saturated carbocycles. The predicted molar refractivity (Wildman–Crippen MR) is 111 cm³/mol. The SMILES string of the molecule is Cn1c(=O)n(CCCO)c(=O)c2c1nc(OC1CCCC1)n2CC1=CCC(F)C=C1. The fourth-order valence-electron chi connectivity index (χ4n) is 4.11. The minimum Gasteiger partial charge on any atom is -0.461 e. The number of imidazole rings is 1. The van der Waals surface area contributed by atoms with Crippen molar-refractivity contribution in [3.63, 3.8) is 0 Å². The van der Waals surface area contributed by atoms with E-state index in [9.17, 15) is 14.0 Å². The Bertz CT molecular complexity index is 1100. The van der Waals surface area contributed by atoms with E-state index in [1.807, 2.05) is 6.08 Å². The first kappa shape index (κ1) is 20.6. The summed E-state index contributed by atoms with van der Waals surface area (Å²) in [7, 11) is 1.57. The van der Waals surface area contributed by atoms with Crippen molar-refractivity contribution in [2.75, 3.05) is 6.61 Å². The maximum atomic E-state index is 13.5. The zero-order valence-corrected chi connectivity index (χ0v) is 17.1. The third-order valence-corrected chi connectivity index (χ3v) is 5.78. The number of hydrogen-bond donors (Lipinski definition) is 1. The van der Waals surface area contributed by atoms with Crippen molar-refractivity contribution in [3.05, 3.63) is 44.6 Å². The summed E-state index contributed by atoms with van der Waals surface area (Å²) in [6.07, 6.45) is 8.66. The third kappa shape index (κ3) is 3.86. The van der Waals surface area contributed by atoms with E-state index in [-0.39, 0.29) is 36.8 Å². The van der Waals surface area contributed by atoms with Crippen molar-refractivity contribution in [1.29, 1.82) is 0 Å². The van der Waals surface area contributed by atoms with Crippen LogP contribution in [0.15, 0.2) is 33.4 Å². The normalized spacial score (nSPS) is 19.6. The number of aryl methyl sites for hydroxylation is 1. The molecule has 2 aromatic rings. The van der Waals surface area contributed by atoms with Crippen LogP contribution in [0.2, 0.25) is 0 Å². The van der Waals surface area contributed by atoms with Crippen LogP contribution in [0.1, 0.15) is 38.5 Å². The lowest BCUT2D eigenvalue weighted by molar-refractivity contribution is 0.186. The van der Waals surface area contributed by atoms with Gasteiger partial charge in [-0.05, 0) is 37.7 Å². The Hall–Kier alpha value is -2.68. The Labute approximate surface area is 172 Å². The number of nitrogens with zero attached hydrogens (tertiary/aromatic N) is 4. The van der Waals surface area contributed by atoms with E-state index in [0.29, 0.717) is 19.0 Å². The van der Waals surface area contributed by atoms with Gasteiger partial charge in [0, 0.05) is 26.6 Å². The van der Waals surface area contributed by atoms with Crippen molar-refractivity contribution in [1.82, 2.24) is 18.7 Å². The zero-order chi connectivity index (χ0) is 21.3. The Morgan fingerprint density at radius 1 is 1.27 bits per heavy atom. The van der Waals surface area contributed by atoms with E-state index in [1.54, 1.807) is 17.7 Å². The topological polar surface area (TPSA) is 91.3 Å². The summed E-state index contributed by atoms with van der Waals surface area (Å²) in [5.41, 5.74) is 0.463. The quantitative estimate of drug-likeness (QED) is 0.741. The molecule has 9 heteroatoms. The van der Waals surface area contributed by atoms with E-state index < -0.39 is 17.4 Å². The first-order chi connectivity index (χ1) is 14.5. The molecule has 2 aliphatic rings. The molecule has 30 heavy (non-hydrogen) atoms. The summed E-state index contributed by atoms with van der Waals surface area (Å²) < 4.78 is 23.8. The highest BCUT2D eigenvalue weighted by atomic mass is 19.1. The van der Waals surface area contributed by atoms with Crippen LogP contribution in [0, 0.1) is 0 Å². The molecule has 0 bridgehead atoms. The number of ether oxygens (including phenoxy) is 1. The third-order valence-electron chi connectivity index (χ3n) is 5.78. The number of allylic oxidation sites excluding steroid dienone is 4. The van der Waals surface area contributed by atoms with Gasteiger partial charge in [-0.1, -0.05) is 18.2 Å². The minimum atomic E-state index is -1.00. The molecule has 2 aromatic heterocycles. The number of aliphatic hydroxyl groups excluding tert-OH is 1. The first-order valence-electron chi connectivity index (χ1n) is 10.5. The molecule has 2 heterocycles. The number of alkyl halides is 1. The highest BCUT2D eigenvalue weighted by Crippen LogP contribution is 2.27. The number of aliphatic hydroxyl groups is 1. The van der Waals surface area contributed by atoms with Crippen LogP contribution in [0.3, 0.4) is 0 Å². The predicted octanol–water partition coefficient (Wildman–Crippen LogP) is 1.82. The number of hydrogen-bond acceptors (Lipinski definition) is 5. The molecule has 0 saturated heterocycles. The Kier molecular flexibility index (Phi) is 5.90. The lowest BCUT2D eigenvalue weighted by Gasteiger charge is -2.16. The van der Waals surface area contributed by atoms with Crippen LogP contribution in [0.25, 0.3) is 11.2 Å². The number of rotatable bonds is 7. The molecule has 0 spiro atoms. The summed E-state index contributed by atoms with van der Waals surface area (Å²) in [4.78, 5) is 30.4. The average molecular weight is 418 g/mol. The van der Waals surface area contributed by atoms with Gasteiger partial charge in [-0.25, -0.2) is 9.18 Å². The summed E-state index contributed by atoms with van der Waals surface area (Å²) in [6, 6.07) is 0.306. The molecule has 4 rings (SSSR count). The van der Waals surface area contributed by atoms with Crippen LogP contribution in [0.4, 0.5) is 4.39 Å². The second-order valence-corrected chi connectivity index (χ2v) is 7.94. The van der Waals surface area contributed by atoms with Gasteiger partial charge in [-0.2, -0.15) is 4.98 Å². The van der Waals surface area contributed by atoms with E-state index in [1.165, 1.54) is 10.6 Å². The summed E-state index contributed by atoms with van der Waals surface area (Å²) in [5.74, 6) is 0. The molecular weight excluding hydrogens is 391 g/mol. The molecule has 0 aromatic carbocycles. The van der Waals surface area contributed by atoms with Crippen molar-refractivity contribution in [2.24, 2.45) is 7.05 Å². The Morgan fingerprint density at radius 2 is 2.03 bits per heavy atom. The van der Waals surface area contributed by atoms with Gasteiger partial charge in [-0.3, -0.25) is 18.5 Å². The molecule has 0 aliphatic heterocycles. The van der Waals surface area contributed by atoms with E-state index in [2.05, 4.69) is 4.98 Å². The van der Waals surface area contributed by atoms with Gasteiger partial charge in [0.2, 0.25) is 0 Å². The second kappa shape index (κ2) is 8.59. The number of halogens is 1. The molecule has 0 radical (unpaired) electrons. The van der Waals surface area contributed by atoms with Gasteiger partial charge in [0.1, 0.15) is 12.3 Å². The summed E-state index contributed by atoms with van der Waals surface area (Å²) >= 11 is 0. The zero-order valence-electron chi connectivity index (χ0n) is 17.1. The lowest BCUT2D eigenvalue weighted by atomic mass is 10.1.